The van der Waals surface area contributed by atoms with Gasteiger partial charge in [0, 0.05) is 50.4 Å². The number of phenolic OH excluding ortho intramolecular Hbond substituents is 1. The molecule has 0 radical (unpaired) electrons. The number of nitrogens with zero attached hydrogens (tertiary/aromatic N) is 5. The predicted octanol–water partition coefficient (Wildman–Crippen LogP) is 1.18. The predicted molar refractivity (Wildman–Crippen MR) is 291 cm³/mol. The molecule has 26 heteroatoms. The molecule has 25 nitrogen and oxygen atoms in total. The van der Waals surface area contributed by atoms with E-state index in [-0.39, 0.29) is 113 Å². The van der Waals surface area contributed by atoms with Gasteiger partial charge in [-0.15, -0.1) is 0 Å². The molecule has 0 unspecified atom stereocenters. The SMILES string of the molecule is NC(N)=NCCC[C@H]1NC(=O)CNC(=O)[C@@H](CC(=O)O)NC(=O)[C@H](Cc2ccc(O)cc2)NC(=O)[C@@H](CCCCNC(=O)CCCC(=O)Nc2ccc(C3=NN=C(c4ccccn4)[C@@H]4CCC[C@@H](OCCF)CC[C@@H]34)nc2)NC1=O. The molecule has 2 aromatic heterocycles. The number of unbranched alkanes of at least 4 members (excludes halogenated alkanes) is 1. The van der Waals surface area contributed by atoms with Crippen LogP contribution in [0.1, 0.15) is 107 Å². The molecule has 3 aromatic rings. The molecular weight excluding hydrogens is 1040 g/mol. The minimum absolute atomic E-state index is 0.00792. The Morgan fingerprint density at radius 1 is 0.725 bits per heavy atom. The molecule has 1 saturated carbocycles. The number of nitrogens with one attached hydrogen (secondary N) is 7. The number of carboxylic acid groups (broad SMARTS) is 1. The number of benzene rings is 1. The second kappa shape index (κ2) is 31.2. The number of hydrogen-bond acceptors (Lipinski definition) is 15. The van der Waals surface area contributed by atoms with Gasteiger partial charge < -0.3 is 63.6 Å². The first-order valence-electron chi connectivity index (χ1n) is 26.9. The number of phenols is 1. The third-order valence-electron chi connectivity index (χ3n) is 13.7. The number of halogens is 1. The Morgan fingerprint density at radius 3 is 2.09 bits per heavy atom. The van der Waals surface area contributed by atoms with Crippen molar-refractivity contribution < 1.29 is 57.7 Å². The van der Waals surface area contributed by atoms with E-state index in [1.165, 1.54) is 24.3 Å². The molecule has 0 spiro atoms. The van der Waals surface area contributed by atoms with E-state index in [4.69, 9.17) is 16.2 Å². The lowest BCUT2D eigenvalue weighted by molar-refractivity contribution is -0.141. The molecule has 1 saturated heterocycles. The number of aromatic nitrogens is 2. The summed E-state index contributed by atoms with van der Waals surface area (Å²) in [5.41, 5.74) is 14.7. The van der Waals surface area contributed by atoms with Gasteiger partial charge in [0.1, 0.15) is 36.6 Å². The molecule has 2 fully saturated rings. The van der Waals surface area contributed by atoms with Gasteiger partial charge in [0.05, 0.1) is 60.4 Å². The maximum Gasteiger partial charge on any atom is 0.305 e. The first kappa shape index (κ1) is 60.8. The molecule has 2 aliphatic heterocycles. The topological polar surface area (TPSA) is 385 Å². The number of hydrogen-bond donors (Lipinski definition) is 11. The van der Waals surface area contributed by atoms with Gasteiger partial charge in [-0.05, 0) is 106 Å². The van der Waals surface area contributed by atoms with Crippen molar-refractivity contribution in [2.45, 2.75) is 127 Å². The van der Waals surface area contributed by atoms with E-state index in [1.807, 2.05) is 18.2 Å². The molecule has 430 valence electrons. The number of rotatable bonds is 23. The average molecular weight is 1110 g/mol. The zero-order valence-electron chi connectivity index (χ0n) is 44.4. The fourth-order valence-corrected chi connectivity index (χ4v) is 9.66. The monoisotopic (exact) mass is 1110 g/mol. The first-order chi connectivity index (χ1) is 38.6. The summed E-state index contributed by atoms with van der Waals surface area (Å²) in [7, 11) is 0. The number of fused-ring (bicyclic) bond motifs is 1. The number of carbonyl (C=O) groups excluding carboxylic acids is 7. The third-order valence-corrected chi connectivity index (χ3v) is 13.7. The van der Waals surface area contributed by atoms with Gasteiger partial charge in [-0.25, -0.2) is 4.39 Å². The fraction of sp³-hybridized carbons (Fsp3) is 0.500. The smallest absolute Gasteiger partial charge is 0.305 e. The van der Waals surface area contributed by atoms with Crippen LogP contribution >= 0.6 is 0 Å². The van der Waals surface area contributed by atoms with Crippen molar-refractivity contribution in [3.8, 4) is 5.75 Å². The lowest BCUT2D eigenvalue weighted by Gasteiger charge is -2.34. The number of aliphatic imine (C=N–C) groups is 1. The Balaban J connectivity index is 1.03. The number of carbonyl (C=O) groups is 8. The second-order valence-electron chi connectivity index (χ2n) is 19.7. The lowest BCUT2D eigenvalue weighted by atomic mass is 9.74. The van der Waals surface area contributed by atoms with Gasteiger partial charge in [0.25, 0.3) is 0 Å². The van der Waals surface area contributed by atoms with Gasteiger partial charge in [0.2, 0.25) is 41.4 Å². The summed E-state index contributed by atoms with van der Waals surface area (Å²) in [5.74, 6) is -6.75. The van der Waals surface area contributed by atoms with Crippen LogP contribution in [0, 0.1) is 11.8 Å². The zero-order valence-corrected chi connectivity index (χ0v) is 44.4. The molecule has 7 amide bonds. The number of carboxylic acids is 1. The number of alkyl halides is 1. The van der Waals surface area contributed by atoms with Crippen molar-refractivity contribution >= 4 is 70.4 Å². The van der Waals surface area contributed by atoms with E-state index in [9.17, 15) is 53.0 Å². The minimum atomic E-state index is -1.67. The summed E-state index contributed by atoms with van der Waals surface area (Å²) in [6.45, 7) is -0.916. The number of aromatic hydroxyl groups is 1. The van der Waals surface area contributed by atoms with Crippen LogP contribution in [0.2, 0.25) is 0 Å². The van der Waals surface area contributed by atoms with Crippen molar-refractivity contribution in [3.05, 3.63) is 83.9 Å². The summed E-state index contributed by atoms with van der Waals surface area (Å²) < 4.78 is 18.8. The summed E-state index contributed by atoms with van der Waals surface area (Å²) in [6.07, 6.45) is 7.19. The molecule has 1 aliphatic carbocycles. The van der Waals surface area contributed by atoms with E-state index in [1.54, 1.807) is 24.5 Å². The van der Waals surface area contributed by atoms with Crippen LogP contribution in [0.25, 0.3) is 0 Å². The molecule has 13 N–H and O–H groups in total. The molecule has 6 rings (SSSR count). The summed E-state index contributed by atoms with van der Waals surface area (Å²) in [5, 5.41) is 46.9. The van der Waals surface area contributed by atoms with Crippen LogP contribution in [0.5, 0.6) is 5.75 Å². The Hall–Kier alpha value is -8.42. The molecule has 1 aromatic carbocycles. The van der Waals surface area contributed by atoms with E-state index >= 15 is 0 Å². The molecule has 0 bridgehead atoms. The highest BCUT2D eigenvalue weighted by molar-refractivity contribution is 6.10. The molecule has 4 heterocycles. The van der Waals surface area contributed by atoms with Gasteiger partial charge in [-0.1, -0.05) is 24.6 Å². The number of anilines is 1. The Labute approximate surface area is 461 Å². The van der Waals surface area contributed by atoms with Crippen molar-refractivity contribution in [1.29, 1.82) is 0 Å². The number of amides is 7. The highest BCUT2D eigenvalue weighted by Crippen LogP contribution is 2.37. The largest absolute Gasteiger partial charge is 0.508 e. The number of ether oxygens (including phenoxy) is 1. The number of aliphatic carboxylic acids is 1. The first-order valence-corrected chi connectivity index (χ1v) is 26.9. The summed E-state index contributed by atoms with van der Waals surface area (Å²) in [6, 6.07) is 9.27. The van der Waals surface area contributed by atoms with Gasteiger partial charge >= 0.3 is 5.97 Å². The molecule has 3 aliphatic rings. The standard InChI is InChI=1S/C54H71FN14O11/c55-23-27-80-35-8-5-9-36-37(21-20-35)49(69-68-48(36)38-10-1-3-24-58-38)39-22-17-33(30-61-39)63-45(72)14-6-13-44(71)59-25-4-2-11-41-52(78)66-42(28-32-15-18-34(70)19-16-32)53(79)67-43(29-47(74)75)50(76)62-31-46(73)64-40(51(77)65-41)12-7-26-60-54(56)57/h1,3,10,15-19,22,24,30,35-37,40-43,70H,2,4-9,11-14,20-21,23,25-29,31H2,(H,59,71)(H,62,76)(H,63,72)(H,64,73)(H,65,77)(H,66,78)(H,67,79)(H,74,75)(H4,56,57,60)/t35-,36-,37-,40-,41-,42+,43-/m1/s1. The van der Waals surface area contributed by atoms with Crippen molar-refractivity contribution in [2.75, 3.05) is 38.2 Å². The van der Waals surface area contributed by atoms with E-state index in [0.29, 0.717) is 23.4 Å². The van der Waals surface area contributed by atoms with Crippen LogP contribution in [-0.4, -0.2) is 148 Å². The molecular formula is C54H71FN14O11. The van der Waals surface area contributed by atoms with Crippen molar-refractivity contribution in [1.82, 2.24) is 41.9 Å². The van der Waals surface area contributed by atoms with Gasteiger partial charge in [0.15, 0.2) is 5.96 Å². The summed E-state index contributed by atoms with van der Waals surface area (Å²) >= 11 is 0. The summed E-state index contributed by atoms with van der Waals surface area (Å²) in [4.78, 5) is 119. The third kappa shape index (κ3) is 19.5. The van der Waals surface area contributed by atoms with Crippen LogP contribution in [0.3, 0.4) is 0 Å². The van der Waals surface area contributed by atoms with Crippen LogP contribution in [0.4, 0.5) is 10.1 Å². The lowest BCUT2D eigenvalue weighted by Crippen LogP contribution is -2.58. The van der Waals surface area contributed by atoms with Gasteiger partial charge in [-0.3, -0.25) is 53.3 Å². The molecule has 80 heavy (non-hydrogen) atoms. The van der Waals surface area contributed by atoms with Crippen LogP contribution in [0.15, 0.2) is 82.2 Å². The van der Waals surface area contributed by atoms with Crippen molar-refractivity contribution in [3.63, 3.8) is 0 Å². The fourth-order valence-electron chi connectivity index (χ4n) is 9.66. The van der Waals surface area contributed by atoms with Crippen LogP contribution in [-0.2, 0) is 49.5 Å². The molecule has 7 atom stereocenters. The Bertz CT molecular complexity index is 2710. The number of nitrogens with two attached hydrogens (primary N) is 2. The average Bonchev–Trinajstić information content (AvgIpc) is 3.42. The van der Waals surface area contributed by atoms with Crippen molar-refractivity contribution in [2.24, 2.45) is 38.5 Å². The van der Waals surface area contributed by atoms with E-state index < -0.39 is 79.3 Å². The van der Waals surface area contributed by atoms with E-state index in [0.717, 1.165) is 49.2 Å². The maximum atomic E-state index is 14.1. The Morgan fingerprint density at radius 2 is 1.40 bits per heavy atom. The highest BCUT2D eigenvalue weighted by Gasteiger charge is 2.38. The quantitative estimate of drug-likeness (QED) is 0.0361. The Kier molecular flexibility index (Phi) is 23.7. The van der Waals surface area contributed by atoms with Gasteiger partial charge in [-0.2, -0.15) is 10.2 Å². The van der Waals surface area contributed by atoms with Crippen LogP contribution < -0.4 is 48.7 Å². The number of guanidine groups is 1. The number of pyridine rings is 2. The maximum absolute atomic E-state index is 14.1. The highest BCUT2D eigenvalue weighted by atomic mass is 19.1. The normalized spacial score (nSPS) is 22.0. The van der Waals surface area contributed by atoms with E-state index in [2.05, 4.69) is 62.4 Å². The second-order valence-corrected chi connectivity index (χ2v) is 19.7. The zero-order chi connectivity index (χ0) is 57.4. The minimum Gasteiger partial charge on any atom is -0.508 e.